The highest BCUT2D eigenvalue weighted by Crippen LogP contribution is 2.31. The van der Waals surface area contributed by atoms with Gasteiger partial charge < -0.3 is 30.2 Å². The number of methoxy groups -OCH3 is 1. The van der Waals surface area contributed by atoms with Crippen LogP contribution in [0.25, 0.3) is 0 Å². The van der Waals surface area contributed by atoms with Gasteiger partial charge in [0, 0.05) is 38.1 Å². The summed E-state index contributed by atoms with van der Waals surface area (Å²) in [6, 6.07) is 7.40. The van der Waals surface area contributed by atoms with Crippen LogP contribution >= 0.6 is 0 Å². The predicted octanol–water partition coefficient (Wildman–Crippen LogP) is 1.64. The quantitative estimate of drug-likeness (QED) is 0.698. The minimum absolute atomic E-state index is 0.0331. The summed E-state index contributed by atoms with van der Waals surface area (Å²) < 4.78 is 16.9. The van der Waals surface area contributed by atoms with Gasteiger partial charge in [0.05, 0.1) is 13.7 Å². The van der Waals surface area contributed by atoms with Crippen molar-refractivity contribution in [2.75, 3.05) is 51.1 Å². The van der Waals surface area contributed by atoms with Crippen molar-refractivity contribution in [1.82, 2.24) is 15.3 Å². The third kappa shape index (κ3) is 4.71. The SMILES string of the molecule is CNc1ccnc(Nc2ccc(OC)c(OC[C@@H]3CNCCO3)c2)n1. The fourth-order valence-electron chi connectivity index (χ4n) is 2.46. The fraction of sp³-hybridized carbons (Fsp3) is 0.412. The largest absolute Gasteiger partial charge is 0.493 e. The van der Waals surface area contributed by atoms with Crippen LogP contribution in [-0.4, -0.2) is 56.5 Å². The van der Waals surface area contributed by atoms with Crippen molar-refractivity contribution in [3.8, 4) is 11.5 Å². The van der Waals surface area contributed by atoms with Gasteiger partial charge in [0.1, 0.15) is 18.5 Å². The van der Waals surface area contributed by atoms with Gasteiger partial charge in [-0.2, -0.15) is 4.98 Å². The molecule has 1 fully saturated rings. The summed E-state index contributed by atoms with van der Waals surface area (Å²) in [5.41, 5.74) is 0.812. The summed E-state index contributed by atoms with van der Waals surface area (Å²) >= 11 is 0. The first-order valence-electron chi connectivity index (χ1n) is 8.19. The molecule has 0 radical (unpaired) electrons. The Morgan fingerprint density at radius 1 is 1.32 bits per heavy atom. The molecule has 2 aromatic rings. The summed E-state index contributed by atoms with van der Waals surface area (Å²) in [4.78, 5) is 8.56. The van der Waals surface area contributed by atoms with Gasteiger partial charge in [-0.15, -0.1) is 0 Å². The number of rotatable bonds is 7. The molecule has 0 amide bonds. The molecule has 1 saturated heterocycles. The van der Waals surface area contributed by atoms with Gasteiger partial charge in [-0.1, -0.05) is 0 Å². The Kier molecular flexibility index (Phi) is 5.86. The van der Waals surface area contributed by atoms with E-state index in [0.717, 1.165) is 24.6 Å². The maximum Gasteiger partial charge on any atom is 0.229 e. The molecule has 0 bridgehead atoms. The number of hydrogen-bond acceptors (Lipinski definition) is 8. The summed E-state index contributed by atoms with van der Waals surface area (Å²) in [5, 5.41) is 9.43. The molecule has 134 valence electrons. The second-order valence-corrected chi connectivity index (χ2v) is 5.51. The summed E-state index contributed by atoms with van der Waals surface area (Å²) in [7, 11) is 3.43. The molecular formula is C17H23N5O3. The van der Waals surface area contributed by atoms with E-state index in [1.807, 2.05) is 25.2 Å². The zero-order chi connectivity index (χ0) is 17.5. The predicted molar refractivity (Wildman–Crippen MR) is 96.0 cm³/mol. The lowest BCUT2D eigenvalue weighted by molar-refractivity contribution is -0.000251. The summed E-state index contributed by atoms with van der Waals surface area (Å²) in [6.45, 7) is 2.82. The van der Waals surface area contributed by atoms with E-state index in [9.17, 15) is 0 Å². The lowest BCUT2D eigenvalue weighted by Gasteiger charge is -2.24. The number of morpholine rings is 1. The van der Waals surface area contributed by atoms with Crippen LogP contribution in [0.2, 0.25) is 0 Å². The standard InChI is InChI=1S/C17H23N5O3/c1-18-16-5-6-20-17(22-16)21-12-3-4-14(23-2)15(9-12)25-11-13-10-19-7-8-24-13/h3-6,9,13,19H,7-8,10-11H2,1-2H3,(H2,18,20,21,22)/t13-/m0/s1. The van der Waals surface area contributed by atoms with Crippen LogP contribution in [0.1, 0.15) is 0 Å². The molecule has 0 saturated carbocycles. The average Bonchev–Trinajstić information content (AvgIpc) is 2.67. The van der Waals surface area contributed by atoms with E-state index < -0.39 is 0 Å². The van der Waals surface area contributed by atoms with E-state index >= 15 is 0 Å². The van der Waals surface area contributed by atoms with Gasteiger partial charge in [-0.3, -0.25) is 0 Å². The number of aromatic nitrogens is 2. The van der Waals surface area contributed by atoms with Crippen LogP contribution in [0.4, 0.5) is 17.5 Å². The monoisotopic (exact) mass is 345 g/mol. The molecule has 0 aliphatic carbocycles. The lowest BCUT2D eigenvalue weighted by Crippen LogP contribution is -2.41. The van der Waals surface area contributed by atoms with Crippen molar-refractivity contribution in [3.63, 3.8) is 0 Å². The van der Waals surface area contributed by atoms with Gasteiger partial charge in [0.2, 0.25) is 5.95 Å². The van der Waals surface area contributed by atoms with E-state index in [1.165, 1.54) is 0 Å². The molecule has 1 aromatic heterocycles. The van der Waals surface area contributed by atoms with Crippen LogP contribution in [0.3, 0.4) is 0 Å². The van der Waals surface area contributed by atoms with Crippen molar-refractivity contribution in [2.24, 2.45) is 0 Å². The van der Waals surface area contributed by atoms with Gasteiger partial charge in [0.15, 0.2) is 11.5 Å². The number of anilines is 3. The normalized spacial score (nSPS) is 17.0. The molecule has 2 heterocycles. The minimum Gasteiger partial charge on any atom is -0.493 e. The Morgan fingerprint density at radius 2 is 2.24 bits per heavy atom. The average molecular weight is 345 g/mol. The second kappa shape index (κ2) is 8.50. The van der Waals surface area contributed by atoms with Crippen molar-refractivity contribution in [3.05, 3.63) is 30.5 Å². The number of nitrogens with one attached hydrogen (secondary N) is 3. The number of ether oxygens (including phenoxy) is 3. The first-order valence-corrected chi connectivity index (χ1v) is 8.19. The molecule has 1 aliphatic rings. The first-order chi connectivity index (χ1) is 12.3. The molecule has 0 spiro atoms. The van der Waals surface area contributed by atoms with Crippen molar-refractivity contribution >= 4 is 17.5 Å². The Morgan fingerprint density at radius 3 is 3.00 bits per heavy atom. The Labute approximate surface area is 146 Å². The topological polar surface area (TPSA) is 89.6 Å². The Balaban J connectivity index is 1.70. The molecule has 3 rings (SSSR count). The van der Waals surface area contributed by atoms with E-state index in [1.54, 1.807) is 19.4 Å². The lowest BCUT2D eigenvalue weighted by atomic mass is 10.2. The first kappa shape index (κ1) is 17.2. The third-order valence-corrected chi connectivity index (χ3v) is 3.76. The number of hydrogen-bond donors (Lipinski definition) is 3. The van der Waals surface area contributed by atoms with Crippen LogP contribution in [0, 0.1) is 0 Å². The van der Waals surface area contributed by atoms with Crippen LogP contribution < -0.4 is 25.4 Å². The van der Waals surface area contributed by atoms with E-state index in [2.05, 4.69) is 25.9 Å². The molecule has 8 nitrogen and oxygen atoms in total. The van der Waals surface area contributed by atoms with E-state index in [0.29, 0.717) is 30.7 Å². The van der Waals surface area contributed by atoms with Crippen molar-refractivity contribution in [2.45, 2.75) is 6.10 Å². The van der Waals surface area contributed by atoms with Gasteiger partial charge in [-0.05, 0) is 18.2 Å². The molecule has 25 heavy (non-hydrogen) atoms. The fourth-order valence-corrected chi connectivity index (χ4v) is 2.46. The zero-order valence-electron chi connectivity index (χ0n) is 14.4. The van der Waals surface area contributed by atoms with Gasteiger partial charge >= 0.3 is 0 Å². The van der Waals surface area contributed by atoms with Gasteiger partial charge in [-0.25, -0.2) is 4.98 Å². The number of benzene rings is 1. The van der Waals surface area contributed by atoms with E-state index in [4.69, 9.17) is 14.2 Å². The second-order valence-electron chi connectivity index (χ2n) is 5.51. The molecule has 8 heteroatoms. The molecule has 0 unspecified atom stereocenters. The van der Waals surface area contributed by atoms with Crippen molar-refractivity contribution < 1.29 is 14.2 Å². The highest BCUT2D eigenvalue weighted by Gasteiger charge is 2.15. The molecule has 1 aliphatic heterocycles. The third-order valence-electron chi connectivity index (χ3n) is 3.76. The van der Waals surface area contributed by atoms with Crippen LogP contribution in [-0.2, 0) is 4.74 Å². The van der Waals surface area contributed by atoms with Crippen molar-refractivity contribution in [1.29, 1.82) is 0 Å². The molecule has 1 atom stereocenters. The van der Waals surface area contributed by atoms with Crippen LogP contribution in [0.15, 0.2) is 30.5 Å². The van der Waals surface area contributed by atoms with E-state index in [-0.39, 0.29) is 6.10 Å². The highest BCUT2D eigenvalue weighted by atomic mass is 16.5. The molecule has 3 N–H and O–H groups in total. The summed E-state index contributed by atoms with van der Waals surface area (Å²) in [5.74, 6) is 2.55. The van der Waals surface area contributed by atoms with Gasteiger partial charge in [0.25, 0.3) is 0 Å². The molecule has 1 aromatic carbocycles. The number of nitrogens with zero attached hydrogens (tertiary/aromatic N) is 2. The Bertz CT molecular complexity index is 692. The van der Waals surface area contributed by atoms with Crippen LogP contribution in [0.5, 0.6) is 11.5 Å². The smallest absolute Gasteiger partial charge is 0.229 e. The molecular weight excluding hydrogens is 322 g/mol. The zero-order valence-corrected chi connectivity index (χ0v) is 14.4. The minimum atomic E-state index is 0.0331. The highest BCUT2D eigenvalue weighted by molar-refractivity contribution is 5.60. The Hall–Kier alpha value is -2.58. The summed E-state index contributed by atoms with van der Waals surface area (Å²) in [6.07, 6.45) is 1.72. The maximum absolute atomic E-state index is 5.91. The maximum atomic E-state index is 5.91.